The minimum Gasteiger partial charge on any atom is -0.493 e. The second-order valence-electron chi connectivity index (χ2n) is 8.41. The Morgan fingerprint density at radius 1 is 0.970 bits per heavy atom. The molecule has 2 aromatic carbocycles. The summed E-state index contributed by atoms with van der Waals surface area (Å²) in [6.07, 6.45) is 4.17. The molecule has 0 saturated carbocycles. The minimum absolute atomic E-state index is 0.443. The van der Waals surface area contributed by atoms with Gasteiger partial charge in [-0.1, -0.05) is 18.2 Å². The van der Waals surface area contributed by atoms with Crippen molar-refractivity contribution in [3.63, 3.8) is 0 Å². The van der Waals surface area contributed by atoms with E-state index in [2.05, 4.69) is 63.7 Å². The number of aromatic nitrogens is 1. The van der Waals surface area contributed by atoms with Crippen LogP contribution in [0.5, 0.6) is 11.5 Å². The molecule has 1 aliphatic rings. The van der Waals surface area contributed by atoms with Crippen molar-refractivity contribution in [2.24, 2.45) is 0 Å². The Hall–Kier alpha value is -3.09. The molecule has 0 amide bonds. The van der Waals surface area contributed by atoms with Crippen molar-refractivity contribution in [1.29, 1.82) is 0 Å². The van der Waals surface area contributed by atoms with Crippen LogP contribution in [0.25, 0.3) is 11.3 Å². The second-order valence-corrected chi connectivity index (χ2v) is 8.41. The fraction of sp³-hybridized carbons (Fsp3) is 0.370. The van der Waals surface area contributed by atoms with E-state index in [1.165, 1.54) is 11.3 Å². The zero-order valence-corrected chi connectivity index (χ0v) is 19.7. The Kier molecular flexibility index (Phi) is 7.81. The van der Waals surface area contributed by atoms with Gasteiger partial charge in [0.2, 0.25) is 0 Å². The summed E-state index contributed by atoms with van der Waals surface area (Å²) < 4.78 is 16.5. The molecule has 6 nitrogen and oxygen atoms in total. The van der Waals surface area contributed by atoms with Gasteiger partial charge in [-0.05, 0) is 54.8 Å². The molecule has 0 bridgehead atoms. The maximum absolute atomic E-state index is 5.57. The summed E-state index contributed by atoms with van der Waals surface area (Å²) in [4.78, 5) is 7.15. The van der Waals surface area contributed by atoms with Crippen molar-refractivity contribution in [3.05, 3.63) is 71.9 Å². The number of methoxy groups -OCH3 is 3. The van der Waals surface area contributed by atoms with Crippen molar-refractivity contribution >= 4 is 5.69 Å². The van der Waals surface area contributed by atoms with E-state index < -0.39 is 0 Å². The highest BCUT2D eigenvalue weighted by molar-refractivity contribution is 5.67. The van der Waals surface area contributed by atoms with Gasteiger partial charge in [-0.3, -0.25) is 9.88 Å². The largest absolute Gasteiger partial charge is 0.493 e. The molecule has 0 unspecified atom stereocenters. The summed E-state index contributed by atoms with van der Waals surface area (Å²) >= 11 is 0. The lowest BCUT2D eigenvalue weighted by Crippen LogP contribution is -2.38. The van der Waals surface area contributed by atoms with Gasteiger partial charge in [0.25, 0.3) is 0 Å². The Morgan fingerprint density at radius 3 is 2.45 bits per heavy atom. The number of nitrogens with zero attached hydrogens (tertiary/aromatic N) is 2. The Bertz CT molecular complexity index is 1030. The van der Waals surface area contributed by atoms with Crippen molar-refractivity contribution in [2.45, 2.75) is 32.0 Å². The van der Waals surface area contributed by atoms with E-state index in [9.17, 15) is 0 Å². The van der Waals surface area contributed by atoms with Crippen LogP contribution in [-0.4, -0.2) is 50.3 Å². The number of piperidine rings is 1. The molecule has 4 rings (SSSR count). The van der Waals surface area contributed by atoms with Gasteiger partial charge in [-0.25, -0.2) is 0 Å². The van der Waals surface area contributed by atoms with Crippen LogP contribution in [0, 0.1) is 0 Å². The first-order chi connectivity index (χ1) is 16.2. The molecule has 33 heavy (non-hydrogen) atoms. The van der Waals surface area contributed by atoms with Crippen LogP contribution in [0.15, 0.2) is 60.8 Å². The number of likely N-dealkylation sites (tertiary alicyclic amines) is 1. The van der Waals surface area contributed by atoms with Crippen molar-refractivity contribution < 1.29 is 14.2 Å². The van der Waals surface area contributed by atoms with Gasteiger partial charge in [0.15, 0.2) is 11.5 Å². The molecule has 1 fully saturated rings. The van der Waals surface area contributed by atoms with E-state index in [0.717, 1.165) is 49.3 Å². The number of ether oxygens (including phenoxy) is 3. The standard InChI is InChI=1S/C27H33N3O3/c1-31-19-22-16-21(17-26(32-2)27(22)33-3)25-15-20(9-12-28-25)18-30-13-10-24(11-14-30)29-23-7-5-4-6-8-23/h4-9,12,15-17,24,29H,10-11,13-14,18-19H2,1-3H3. The molecule has 2 heterocycles. The van der Waals surface area contributed by atoms with Crippen LogP contribution in [0.4, 0.5) is 5.69 Å². The maximum atomic E-state index is 5.57. The van der Waals surface area contributed by atoms with E-state index in [4.69, 9.17) is 14.2 Å². The first kappa shape index (κ1) is 23.1. The van der Waals surface area contributed by atoms with Crippen LogP contribution in [0.2, 0.25) is 0 Å². The molecule has 1 saturated heterocycles. The summed E-state index contributed by atoms with van der Waals surface area (Å²) in [6, 6.07) is 19.3. The van der Waals surface area contributed by atoms with E-state index in [1.807, 2.05) is 12.3 Å². The zero-order valence-electron chi connectivity index (χ0n) is 19.7. The monoisotopic (exact) mass is 447 g/mol. The van der Waals surface area contributed by atoms with Crippen LogP contribution in [0.1, 0.15) is 24.0 Å². The molecule has 174 valence electrons. The molecule has 0 atom stereocenters. The molecule has 1 N–H and O–H groups in total. The normalized spacial score (nSPS) is 14.8. The summed E-state index contributed by atoms with van der Waals surface area (Å²) in [5, 5.41) is 3.66. The van der Waals surface area contributed by atoms with Gasteiger partial charge in [0.05, 0.1) is 26.5 Å². The number of hydrogen-bond acceptors (Lipinski definition) is 6. The number of benzene rings is 2. The molecule has 6 heteroatoms. The third-order valence-corrected chi connectivity index (χ3v) is 6.11. The zero-order chi connectivity index (χ0) is 23.0. The maximum Gasteiger partial charge on any atom is 0.166 e. The number of anilines is 1. The predicted octanol–water partition coefficient (Wildman–Crippen LogP) is 4.99. The van der Waals surface area contributed by atoms with E-state index in [-0.39, 0.29) is 0 Å². The van der Waals surface area contributed by atoms with Crippen molar-refractivity contribution in [1.82, 2.24) is 9.88 Å². The minimum atomic E-state index is 0.443. The smallest absolute Gasteiger partial charge is 0.166 e. The van der Waals surface area contributed by atoms with E-state index in [1.54, 1.807) is 21.3 Å². The molecule has 3 aromatic rings. The van der Waals surface area contributed by atoms with Gasteiger partial charge < -0.3 is 19.5 Å². The van der Waals surface area contributed by atoms with Crippen LogP contribution in [-0.2, 0) is 17.9 Å². The van der Waals surface area contributed by atoms with Crippen LogP contribution < -0.4 is 14.8 Å². The molecule has 1 aromatic heterocycles. The lowest BCUT2D eigenvalue weighted by Gasteiger charge is -2.33. The highest BCUT2D eigenvalue weighted by atomic mass is 16.5. The number of para-hydroxylation sites is 1. The molecular weight excluding hydrogens is 414 g/mol. The average molecular weight is 448 g/mol. The van der Waals surface area contributed by atoms with Gasteiger partial charge >= 0.3 is 0 Å². The third kappa shape index (κ3) is 5.83. The topological polar surface area (TPSA) is 55.9 Å². The lowest BCUT2D eigenvalue weighted by molar-refractivity contribution is 0.181. The average Bonchev–Trinajstić information content (AvgIpc) is 2.86. The van der Waals surface area contributed by atoms with Crippen LogP contribution >= 0.6 is 0 Å². The number of rotatable bonds is 9. The molecule has 0 radical (unpaired) electrons. The Morgan fingerprint density at radius 2 is 1.76 bits per heavy atom. The second kappa shape index (κ2) is 11.2. The molecule has 1 aliphatic heterocycles. The third-order valence-electron chi connectivity index (χ3n) is 6.11. The summed E-state index contributed by atoms with van der Waals surface area (Å²) in [5.41, 5.74) is 5.32. The fourth-order valence-electron chi connectivity index (χ4n) is 4.45. The SMILES string of the molecule is COCc1cc(-c2cc(CN3CCC(Nc4ccccc4)CC3)ccn2)cc(OC)c1OC. The quantitative estimate of drug-likeness (QED) is 0.499. The summed E-state index contributed by atoms with van der Waals surface area (Å²) in [6.45, 7) is 3.53. The van der Waals surface area contributed by atoms with E-state index >= 15 is 0 Å². The fourth-order valence-corrected chi connectivity index (χ4v) is 4.45. The first-order valence-corrected chi connectivity index (χ1v) is 11.4. The summed E-state index contributed by atoms with van der Waals surface area (Å²) in [7, 11) is 4.97. The predicted molar refractivity (Wildman–Crippen MR) is 132 cm³/mol. The van der Waals surface area contributed by atoms with Gasteiger partial charge in [-0.2, -0.15) is 0 Å². The Balaban J connectivity index is 1.43. The van der Waals surface area contributed by atoms with Gasteiger partial charge in [0.1, 0.15) is 0 Å². The first-order valence-electron chi connectivity index (χ1n) is 11.4. The summed E-state index contributed by atoms with van der Waals surface area (Å²) in [5.74, 6) is 1.38. The molecule has 0 aliphatic carbocycles. The van der Waals surface area contributed by atoms with Crippen LogP contribution in [0.3, 0.4) is 0 Å². The van der Waals surface area contributed by atoms with Gasteiger partial charge in [0, 0.05) is 55.8 Å². The molecular formula is C27H33N3O3. The number of hydrogen-bond donors (Lipinski definition) is 1. The number of pyridine rings is 1. The highest BCUT2D eigenvalue weighted by Crippen LogP contribution is 2.36. The Labute approximate surface area is 196 Å². The van der Waals surface area contributed by atoms with Crippen molar-refractivity contribution in [2.75, 3.05) is 39.7 Å². The lowest BCUT2D eigenvalue weighted by atomic mass is 10.0. The highest BCUT2D eigenvalue weighted by Gasteiger charge is 2.20. The van der Waals surface area contributed by atoms with E-state index in [0.29, 0.717) is 24.1 Å². The molecule has 0 spiro atoms. The van der Waals surface area contributed by atoms with Gasteiger partial charge in [-0.15, -0.1) is 0 Å². The van der Waals surface area contributed by atoms with Crippen molar-refractivity contribution in [3.8, 4) is 22.8 Å². The number of nitrogens with one attached hydrogen (secondary N) is 1.